The molecule has 0 amide bonds. The second-order valence-electron chi connectivity index (χ2n) is 4.37. The highest BCUT2D eigenvalue weighted by Gasteiger charge is 2.14. The molecule has 0 aliphatic heterocycles. The summed E-state index contributed by atoms with van der Waals surface area (Å²) in [5, 5.41) is 18.4. The molecule has 0 aliphatic carbocycles. The molecule has 0 radical (unpaired) electrons. The zero-order valence-electron chi connectivity index (χ0n) is 10.6. The zero-order chi connectivity index (χ0) is 15.0. The lowest BCUT2D eigenvalue weighted by Crippen LogP contribution is -1.98. The summed E-state index contributed by atoms with van der Waals surface area (Å²) in [5.41, 5.74) is 2.27. The average Bonchev–Trinajstić information content (AvgIpc) is 2.90. The third kappa shape index (κ3) is 2.12. The minimum atomic E-state index is -1.03. The van der Waals surface area contributed by atoms with Gasteiger partial charge in [0.15, 0.2) is 0 Å². The van der Waals surface area contributed by atoms with Gasteiger partial charge in [0.25, 0.3) is 0 Å². The lowest BCUT2D eigenvalue weighted by Gasteiger charge is -2.07. The first-order valence-electron chi connectivity index (χ1n) is 6.01. The van der Waals surface area contributed by atoms with Gasteiger partial charge in [-0.25, -0.2) is 9.78 Å². The lowest BCUT2D eigenvalue weighted by atomic mass is 10.1. The molecular weight excluding hydrogens is 290 g/mol. The summed E-state index contributed by atoms with van der Waals surface area (Å²) >= 11 is 6.19. The van der Waals surface area contributed by atoms with Crippen molar-refractivity contribution in [2.45, 2.75) is 0 Å². The van der Waals surface area contributed by atoms with Gasteiger partial charge in [0.2, 0.25) is 0 Å². The van der Waals surface area contributed by atoms with Crippen LogP contribution in [0.5, 0.6) is 0 Å². The summed E-state index contributed by atoms with van der Waals surface area (Å²) in [5.74, 6) is -1.03. The summed E-state index contributed by atoms with van der Waals surface area (Å²) in [6.45, 7) is 0. The van der Waals surface area contributed by atoms with Gasteiger partial charge < -0.3 is 5.11 Å². The van der Waals surface area contributed by atoms with Gasteiger partial charge in [0, 0.05) is 0 Å². The van der Waals surface area contributed by atoms with Gasteiger partial charge in [-0.3, -0.25) is 4.57 Å². The number of benzene rings is 2. The van der Waals surface area contributed by atoms with Crippen LogP contribution < -0.4 is 0 Å². The van der Waals surface area contributed by atoms with E-state index >= 15 is 0 Å². The number of aromatic carboxylic acids is 1. The van der Waals surface area contributed by atoms with Crippen LogP contribution in [0.25, 0.3) is 16.7 Å². The second kappa shape index (κ2) is 4.93. The van der Waals surface area contributed by atoms with Crippen LogP contribution in [-0.2, 0) is 0 Å². The maximum absolute atomic E-state index is 11.2. The smallest absolute Gasteiger partial charge is 0.337 e. The van der Waals surface area contributed by atoms with Crippen molar-refractivity contribution in [1.29, 1.82) is 5.26 Å². The van der Waals surface area contributed by atoms with Crippen molar-refractivity contribution in [2.24, 2.45) is 0 Å². The summed E-state index contributed by atoms with van der Waals surface area (Å²) in [6.07, 6.45) is 1.52. The van der Waals surface area contributed by atoms with Crippen molar-refractivity contribution in [3.63, 3.8) is 0 Å². The van der Waals surface area contributed by atoms with Gasteiger partial charge in [0.05, 0.1) is 33.4 Å². The molecule has 21 heavy (non-hydrogen) atoms. The number of carbonyl (C=O) groups is 1. The first-order chi connectivity index (χ1) is 10.1. The van der Waals surface area contributed by atoms with Crippen LogP contribution in [0.15, 0.2) is 42.7 Å². The first-order valence-corrected chi connectivity index (χ1v) is 6.39. The first kappa shape index (κ1) is 13.2. The minimum absolute atomic E-state index is 0.135. The fourth-order valence-corrected chi connectivity index (χ4v) is 2.45. The third-order valence-corrected chi connectivity index (χ3v) is 3.45. The molecule has 5 nitrogen and oxygen atoms in total. The Hall–Kier alpha value is -2.84. The predicted octanol–water partition coefficient (Wildman–Crippen LogP) is 3.25. The van der Waals surface area contributed by atoms with E-state index in [0.29, 0.717) is 27.3 Å². The van der Waals surface area contributed by atoms with Crippen LogP contribution in [0.1, 0.15) is 15.9 Å². The Bertz CT molecular complexity index is 909. The monoisotopic (exact) mass is 297 g/mol. The number of hydrogen-bond acceptors (Lipinski definition) is 3. The van der Waals surface area contributed by atoms with Crippen molar-refractivity contribution >= 4 is 28.6 Å². The normalized spacial score (nSPS) is 10.5. The fourth-order valence-electron chi connectivity index (χ4n) is 2.18. The van der Waals surface area contributed by atoms with E-state index < -0.39 is 5.97 Å². The molecule has 1 N–H and O–H groups in total. The van der Waals surface area contributed by atoms with Crippen molar-refractivity contribution in [3.05, 3.63) is 58.9 Å². The molecule has 0 aliphatic rings. The number of para-hydroxylation sites is 1. The number of imidazole rings is 1. The molecule has 3 aromatic rings. The van der Waals surface area contributed by atoms with Crippen LogP contribution in [0.2, 0.25) is 5.02 Å². The Morgan fingerprint density at radius 2 is 2.14 bits per heavy atom. The maximum atomic E-state index is 11.2. The number of halogens is 1. The van der Waals surface area contributed by atoms with Crippen LogP contribution in [0.3, 0.4) is 0 Å². The van der Waals surface area contributed by atoms with Crippen LogP contribution in [0.4, 0.5) is 0 Å². The average molecular weight is 298 g/mol. The van der Waals surface area contributed by atoms with E-state index in [9.17, 15) is 9.90 Å². The van der Waals surface area contributed by atoms with E-state index in [1.807, 2.05) is 6.07 Å². The standard InChI is InChI=1S/C15H8ClN3O2/c16-11-6-9(7-17)4-5-12(11)19-8-18-14-10(15(20)21)2-1-3-13(14)19/h1-6,8H,(H,20,21). The largest absolute Gasteiger partial charge is 0.478 e. The van der Waals surface area contributed by atoms with Crippen molar-refractivity contribution in [2.75, 3.05) is 0 Å². The summed E-state index contributed by atoms with van der Waals surface area (Å²) in [6, 6.07) is 11.8. The Morgan fingerprint density at radius 3 is 2.81 bits per heavy atom. The molecule has 0 saturated carbocycles. The zero-order valence-corrected chi connectivity index (χ0v) is 11.4. The predicted molar refractivity (Wildman–Crippen MR) is 77.8 cm³/mol. The Balaban J connectivity index is 2.25. The number of aromatic nitrogens is 2. The number of carboxylic acid groups (broad SMARTS) is 1. The van der Waals surface area contributed by atoms with Crippen molar-refractivity contribution < 1.29 is 9.90 Å². The van der Waals surface area contributed by atoms with E-state index in [2.05, 4.69) is 4.98 Å². The van der Waals surface area contributed by atoms with Gasteiger partial charge in [0.1, 0.15) is 11.8 Å². The molecule has 0 bridgehead atoms. The van der Waals surface area contributed by atoms with Gasteiger partial charge in [-0.05, 0) is 30.3 Å². The Kier molecular flexibility index (Phi) is 3.09. The minimum Gasteiger partial charge on any atom is -0.478 e. The molecular formula is C15H8ClN3O2. The number of nitriles is 1. The molecule has 3 rings (SSSR count). The third-order valence-electron chi connectivity index (χ3n) is 3.14. The molecule has 0 unspecified atom stereocenters. The van der Waals surface area contributed by atoms with Gasteiger partial charge in [-0.15, -0.1) is 0 Å². The SMILES string of the molecule is N#Cc1ccc(-n2cnc3c(C(=O)O)cccc32)c(Cl)c1. The van der Waals surface area contributed by atoms with Crippen molar-refractivity contribution in [1.82, 2.24) is 9.55 Å². The van der Waals surface area contributed by atoms with Crippen LogP contribution >= 0.6 is 11.6 Å². The van der Waals surface area contributed by atoms with Gasteiger partial charge in [-0.2, -0.15) is 5.26 Å². The highest BCUT2D eigenvalue weighted by molar-refractivity contribution is 6.32. The van der Waals surface area contributed by atoms with Crippen LogP contribution in [0, 0.1) is 11.3 Å². The molecule has 0 atom stereocenters. The number of carboxylic acids is 1. The lowest BCUT2D eigenvalue weighted by molar-refractivity contribution is 0.0699. The highest BCUT2D eigenvalue weighted by Crippen LogP contribution is 2.26. The fraction of sp³-hybridized carbons (Fsp3) is 0. The summed E-state index contributed by atoms with van der Waals surface area (Å²) < 4.78 is 1.70. The molecule has 6 heteroatoms. The maximum Gasteiger partial charge on any atom is 0.337 e. The van der Waals surface area contributed by atoms with E-state index in [4.69, 9.17) is 16.9 Å². The van der Waals surface area contributed by atoms with Crippen molar-refractivity contribution in [3.8, 4) is 11.8 Å². The molecule has 0 fully saturated rings. The molecule has 1 heterocycles. The second-order valence-corrected chi connectivity index (χ2v) is 4.78. The topological polar surface area (TPSA) is 78.9 Å². The number of rotatable bonds is 2. The van der Waals surface area contributed by atoms with E-state index in [1.165, 1.54) is 12.4 Å². The van der Waals surface area contributed by atoms with Gasteiger partial charge >= 0.3 is 5.97 Å². The van der Waals surface area contributed by atoms with E-state index in [0.717, 1.165) is 0 Å². The van der Waals surface area contributed by atoms with Crippen LogP contribution in [-0.4, -0.2) is 20.6 Å². The summed E-state index contributed by atoms with van der Waals surface area (Å²) in [4.78, 5) is 15.4. The molecule has 102 valence electrons. The number of fused-ring (bicyclic) bond motifs is 1. The highest BCUT2D eigenvalue weighted by atomic mass is 35.5. The molecule has 1 aromatic heterocycles. The van der Waals surface area contributed by atoms with Gasteiger partial charge in [-0.1, -0.05) is 17.7 Å². The molecule has 0 saturated heterocycles. The summed E-state index contributed by atoms with van der Waals surface area (Å²) in [7, 11) is 0. The molecule has 2 aromatic carbocycles. The quantitative estimate of drug-likeness (QED) is 0.787. The van der Waals surface area contributed by atoms with E-state index in [1.54, 1.807) is 34.9 Å². The van der Waals surface area contributed by atoms with E-state index in [-0.39, 0.29) is 5.56 Å². The Labute approximate surface area is 124 Å². The Morgan fingerprint density at radius 1 is 1.33 bits per heavy atom. The molecule has 0 spiro atoms. The number of hydrogen-bond donors (Lipinski definition) is 1. The number of nitrogens with zero attached hydrogens (tertiary/aromatic N) is 3.